The van der Waals surface area contributed by atoms with E-state index in [0.29, 0.717) is 57.5 Å². The first-order valence-electron chi connectivity index (χ1n) is 22.5. The summed E-state index contributed by atoms with van der Waals surface area (Å²) in [5.74, 6) is 0.150. The van der Waals surface area contributed by atoms with Crippen molar-refractivity contribution in [1.82, 2.24) is 24.6 Å². The van der Waals surface area contributed by atoms with Gasteiger partial charge in [-0.2, -0.15) is 5.10 Å². The normalized spacial score (nSPS) is 17.3. The zero-order valence-corrected chi connectivity index (χ0v) is 37.3. The maximum absolute atomic E-state index is 17.0. The molecule has 332 valence electrons. The lowest BCUT2D eigenvalue weighted by molar-refractivity contribution is 0.137. The predicted molar refractivity (Wildman–Crippen MR) is 252 cm³/mol. The molecule has 66 heavy (non-hydrogen) atoms. The van der Waals surface area contributed by atoms with Gasteiger partial charge in [0.15, 0.2) is 5.75 Å². The molecule has 0 spiro atoms. The van der Waals surface area contributed by atoms with Crippen molar-refractivity contribution in [2.24, 2.45) is 0 Å². The zero-order valence-electron chi connectivity index (χ0n) is 36.5. The Hall–Kier alpha value is -7.12. The molecular formula is C53H47FN6O5S. The summed E-state index contributed by atoms with van der Waals surface area (Å²) in [4.78, 5) is 25.4. The molecule has 2 saturated heterocycles. The second-order valence-corrected chi connectivity index (χ2v) is 19.8. The van der Waals surface area contributed by atoms with Crippen molar-refractivity contribution in [1.29, 1.82) is 0 Å². The van der Waals surface area contributed by atoms with E-state index in [1.54, 1.807) is 13.8 Å². The molecule has 2 atom stereocenters. The van der Waals surface area contributed by atoms with Crippen LogP contribution in [0.5, 0.6) is 5.75 Å². The quantitative estimate of drug-likeness (QED) is 0.0941. The number of hydrogen-bond donors (Lipinski definition) is 1. The SMILES string of the molecule is CCS(=O)(=O)c1nc(N2C[C@@H]3C[C@H]2CN3C(=O)O)c2cc(C3CC3)c(-c3c(C)c(F)cc4nn(C(c5ccccc5)(c5ccccc5)c5ccccc5)cc34)c(OCc3ccccc3)c2n1. The fraction of sp³-hybridized carbons (Fsp3) is 0.245. The Kier molecular flexibility index (Phi) is 10.1. The summed E-state index contributed by atoms with van der Waals surface area (Å²) >= 11 is 0. The van der Waals surface area contributed by atoms with Gasteiger partial charge >= 0.3 is 6.09 Å². The standard InChI is InChI=1S/C53H47FN6O5S/c1-3-66(63,64)51-55-48-42(50(56-51)58-29-40-26-39(58)30-59(40)52(61)62)27-41(35-24-25-35)47(49(48)65-32-34-16-8-4-9-17-34)46-33(2)44(54)28-45-43(46)31-60(57-45)53(36-18-10-5-11-19-36,37-20-12-6-13-21-37)38-22-14-7-15-23-38/h4-23,27-28,31,35,39-40H,3,24-26,29-30,32H2,1-2H3,(H,61,62)/t39-,40-/m0/s1. The Morgan fingerprint density at radius 2 is 1.41 bits per heavy atom. The number of halogens is 1. The van der Waals surface area contributed by atoms with Gasteiger partial charge in [-0.1, -0.05) is 128 Å². The zero-order chi connectivity index (χ0) is 45.3. The van der Waals surface area contributed by atoms with Gasteiger partial charge in [0, 0.05) is 47.3 Å². The second-order valence-electron chi connectivity index (χ2n) is 17.7. The number of hydrogen-bond acceptors (Lipinski definition) is 8. The van der Waals surface area contributed by atoms with Crippen LogP contribution in [0.4, 0.5) is 15.0 Å². The molecule has 6 aromatic carbocycles. The number of sulfone groups is 1. The third-order valence-electron chi connectivity index (χ3n) is 13.8. The van der Waals surface area contributed by atoms with Gasteiger partial charge in [-0.25, -0.2) is 27.6 Å². The van der Waals surface area contributed by atoms with E-state index in [-0.39, 0.29) is 47.6 Å². The summed E-state index contributed by atoms with van der Waals surface area (Å²) in [5, 5.41) is 16.2. The van der Waals surface area contributed by atoms with Gasteiger partial charge in [0.1, 0.15) is 29.3 Å². The van der Waals surface area contributed by atoms with Crippen LogP contribution < -0.4 is 9.64 Å². The van der Waals surface area contributed by atoms with E-state index in [9.17, 15) is 18.3 Å². The molecule has 11 rings (SSSR count). The van der Waals surface area contributed by atoms with Crippen LogP contribution >= 0.6 is 0 Å². The number of nitrogens with zero attached hydrogens (tertiary/aromatic N) is 6. The second kappa shape index (κ2) is 16.1. The molecule has 1 aliphatic carbocycles. The van der Waals surface area contributed by atoms with Crippen LogP contribution in [0.1, 0.15) is 65.5 Å². The van der Waals surface area contributed by atoms with Gasteiger partial charge in [-0.15, -0.1) is 0 Å². The molecule has 0 unspecified atom stereocenters. The molecule has 3 fully saturated rings. The average molecular weight is 899 g/mol. The fourth-order valence-electron chi connectivity index (χ4n) is 10.4. The van der Waals surface area contributed by atoms with Crippen LogP contribution in [-0.4, -0.2) is 75.2 Å². The molecular weight excluding hydrogens is 852 g/mol. The Labute approximate surface area is 382 Å². The molecule has 2 aliphatic heterocycles. The van der Waals surface area contributed by atoms with Gasteiger partial charge in [0.2, 0.25) is 15.0 Å². The Balaban J connectivity index is 1.23. The van der Waals surface area contributed by atoms with Gasteiger partial charge in [0.05, 0.1) is 23.4 Å². The van der Waals surface area contributed by atoms with Crippen molar-refractivity contribution >= 4 is 43.6 Å². The Morgan fingerprint density at radius 1 is 0.803 bits per heavy atom. The molecule has 1 amide bonds. The summed E-state index contributed by atoms with van der Waals surface area (Å²) in [6.07, 6.45) is 3.40. The van der Waals surface area contributed by atoms with Crippen molar-refractivity contribution < 1.29 is 27.4 Å². The number of rotatable bonds is 12. The average Bonchev–Trinajstić information content (AvgIpc) is 3.78. The van der Waals surface area contributed by atoms with E-state index in [1.807, 2.05) is 101 Å². The molecule has 8 aromatic rings. The van der Waals surface area contributed by atoms with Gasteiger partial charge in [0.25, 0.3) is 0 Å². The van der Waals surface area contributed by atoms with E-state index in [2.05, 4.69) is 42.5 Å². The molecule has 0 radical (unpaired) electrons. The topological polar surface area (TPSA) is 131 Å². The highest BCUT2D eigenvalue weighted by atomic mass is 32.2. The van der Waals surface area contributed by atoms with E-state index in [0.717, 1.165) is 40.7 Å². The van der Waals surface area contributed by atoms with Gasteiger partial charge in [-0.05, 0) is 71.6 Å². The molecule has 11 nitrogen and oxygen atoms in total. The smallest absolute Gasteiger partial charge is 0.407 e. The van der Waals surface area contributed by atoms with E-state index in [4.69, 9.17) is 19.8 Å². The van der Waals surface area contributed by atoms with Crippen LogP contribution in [0, 0.1) is 12.7 Å². The lowest BCUT2D eigenvalue weighted by Gasteiger charge is -2.36. The minimum Gasteiger partial charge on any atom is -0.486 e. The van der Waals surface area contributed by atoms with Crippen LogP contribution in [0.25, 0.3) is 32.9 Å². The highest BCUT2D eigenvalue weighted by molar-refractivity contribution is 7.91. The van der Waals surface area contributed by atoms with Crippen molar-refractivity contribution in [3.05, 3.63) is 179 Å². The van der Waals surface area contributed by atoms with E-state index in [1.165, 1.54) is 11.0 Å². The molecule has 13 heteroatoms. The summed E-state index contributed by atoms with van der Waals surface area (Å²) < 4.78 is 53.8. The van der Waals surface area contributed by atoms with Gasteiger partial charge in [-0.3, -0.25) is 4.68 Å². The highest BCUT2D eigenvalue weighted by Crippen LogP contribution is 2.54. The number of piperazine rings is 1. The Morgan fingerprint density at radius 3 is 1.95 bits per heavy atom. The number of likely N-dealkylation sites (tertiary alicyclic amines) is 1. The first kappa shape index (κ1) is 41.6. The molecule has 1 saturated carbocycles. The third-order valence-corrected chi connectivity index (χ3v) is 15.3. The van der Waals surface area contributed by atoms with Crippen LogP contribution in [-0.2, 0) is 22.0 Å². The molecule has 1 N–H and O–H groups in total. The summed E-state index contributed by atoms with van der Waals surface area (Å²) in [6.45, 7) is 4.07. The number of aromatic nitrogens is 4. The maximum atomic E-state index is 17.0. The highest BCUT2D eigenvalue weighted by Gasteiger charge is 2.47. The summed E-state index contributed by atoms with van der Waals surface area (Å²) in [5.41, 5.74) is 6.02. The van der Waals surface area contributed by atoms with E-state index >= 15 is 4.39 Å². The number of ether oxygens (including phenoxy) is 1. The van der Waals surface area contributed by atoms with Gasteiger partial charge < -0.3 is 19.6 Å². The predicted octanol–water partition coefficient (Wildman–Crippen LogP) is 10.1. The monoisotopic (exact) mass is 898 g/mol. The van der Waals surface area contributed by atoms with Crippen molar-refractivity contribution in [2.45, 2.75) is 68.4 Å². The first-order chi connectivity index (χ1) is 32.1. The molecule has 2 bridgehead atoms. The maximum Gasteiger partial charge on any atom is 0.407 e. The molecule has 2 aromatic heterocycles. The summed E-state index contributed by atoms with van der Waals surface area (Å²) in [6, 6.07) is 43.4. The van der Waals surface area contributed by atoms with Crippen LogP contribution in [0.3, 0.4) is 0 Å². The van der Waals surface area contributed by atoms with Crippen molar-refractivity contribution in [2.75, 3.05) is 23.7 Å². The van der Waals surface area contributed by atoms with Crippen LogP contribution in [0.15, 0.2) is 145 Å². The molecule has 3 aliphatic rings. The third kappa shape index (κ3) is 6.78. The van der Waals surface area contributed by atoms with Crippen molar-refractivity contribution in [3.8, 4) is 16.9 Å². The minimum absolute atomic E-state index is 0.0812. The largest absolute Gasteiger partial charge is 0.486 e. The number of carbonyl (C=O) groups is 1. The number of benzene rings is 6. The molecule has 4 heterocycles. The number of anilines is 1. The minimum atomic E-state index is -3.98. The number of amides is 1. The summed E-state index contributed by atoms with van der Waals surface area (Å²) in [7, 11) is -3.98. The lowest BCUT2D eigenvalue weighted by Crippen LogP contribution is -2.48. The fourth-order valence-corrected chi connectivity index (χ4v) is 11.1. The lowest BCUT2D eigenvalue weighted by atomic mass is 9.77. The first-order valence-corrected chi connectivity index (χ1v) is 24.1. The van der Waals surface area contributed by atoms with Crippen molar-refractivity contribution in [3.63, 3.8) is 0 Å². The number of fused-ring (bicyclic) bond motifs is 4. The number of carboxylic acid groups (broad SMARTS) is 1. The van der Waals surface area contributed by atoms with E-state index < -0.39 is 27.3 Å². The Bertz CT molecular complexity index is 3180. The van der Waals surface area contributed by atoms with Crippen LogP contribution in [0.2, 0.25) is 0 Å².